The summed E-state index contributed by atoms with van der Waals surface area (Å²) in [6, 6.07) is 7.59. The van der Waals surface area contributed by atoms with Crippen molar-refractivity contribution >= 4 is 24.1 Å². The summed E-state index contributed by atoms with van der Waals surface area (Å²) >= 11 is 0. The minimum Gasteiger partial charge on any atom is -0.439 e. The topological polar surface area (TPSA) is 64.7 Å². The van der Waals surface area contributed by atoms with Crippen molar-refractivity contribution in [3.8, 4) is 0 Å². The number of benzene rings is 1. The van der Waals surface area contributed by atoms with Gasteiger partial charge in [-0.15, -0.1) is 0 Å². The van der Waals surface area contributed by atoms with E-state index in [0.29, 0.717) is 0 Å². The molecule has 0 radical (unpaired) electrons. The van der Waals surface area contributed by atoms with Gasteiger partial charge >= 0.3 is 5.91 Å². The summed E-state index contributed by atoms with van der Waals surface area (Å²) in [5.74, 6) is -0.365. The van der Waals surface area contributed by atoms with E-state index in [1.165, 1.54) is 0 Å². The third-order valence-corrected chi connectivity index (χ3v) is 2.56. The van der Waals surface area contributed by atoms with E-state index in [4.69, 9.17) is 10.5 Å². The maximum atomic E-state index is 11.6. The minimum atomic E-state index is -1.09. The molecule has 4 nitrogen and oxygen atoms in total. The van der Waals surface area contributed by atoms with Crippen molar-refractivity contribution in [1.29, 1.82) is 0 Å². The van der Waals surface area contributed by atoms with Crippen molar-refractivity contribution in [2.45, 2.75) is 5.60 Å². The van der Waals surface area contributed by atoms with Crippen molar-refractivity contribution in [3.63, 3.8) is 0 Å². The summed E-state index contributed by atoms with van der Waals surface area (Å²) in [6.45, 7) is 0. The molecule has 0 unspecified atom stereocenters. The van der Waals surface area contributed by atoms with Crippen molar-refractivity contribution < 1.29 is 9.53 Å². The van der Waals surface area contributed by atoms with E-state index in [0.717, 1.165) is 10.4 Å². The number of nitrogens with zero attached hydrogens (tertiary/aromatic N) is 1. The van der Waals surface area contributed by atoms with Crippen LogP contribution in [-0.4, -0.2) is 17.5 Å². The van der Waals surface area contributed by atoms with Gasteiger partial charge in [-0.1, -0.05) is 24.3 Å². The van der Waals surface area contributed by atoms with Crippen LogP contribution in [0.1, 0.15) is 0 Å². The number of rotatable bonds is 0. The lowest BCUT2D eigenvalue weighted by molar-refractivity contribution is -0.123. The molecule has 2 aliphatic rings. The van der Waals surface area contributed by atoms with E-state index in [2.05, 4.69) is 4.99 Å². The molecule has 1 spiro atoms. The van der Waals surface area contributed by atoms with Gasteiger partial charge in [0.25, 0.3) is 6.02 Å². The number of ether oxygens (including phenoxy) is 1. The lowest BCUT2D eigenvalue weighted by atomic mass is 10.1. The van der Waals surface area contributed by atoms with Crippen LogP contribution >= 0.6 is 0 Å². The summed E-state index contributed by atoms with van der Waals surface area (Å²) in [5.41, 5.74) is 4.29. The van der Waals surface area contributed by atoms with E-state index in [-0.39, 0.29) is 11.9 Å². The van der Waals surface area contributed by atoms with Crippen molar-refractivity contribution in [2.75, 3.05) is 0 Å². The van der Waals surface area contributed by atoms with Crippen LogP contribution in [0.15, 0.2) is 29.3 Å². The molecule has 1 aliphatic heterocycles. The Morgan fingerprint density at radius 1 is 1.20 bits per heavy atom. The fourth-order valence-corrected chi connectivity index (χ4v) is 1.89. The number of fused-ring (bicyclic) bond motifs is 1. The zero-order valence-corrected chi connectivity index (χ0v) is 7.81. The van der Waals surface area contributed by atoms with Gasteiger partial charge in [0.05, 0.1) is 0 Å². The number of hydrogen-bond acceptors (Lipinski definition) is 3. The van der Waals surface area contributed by atoms with E-state index in [9.17, 15) is 4.79 Å². The first-order valence-electron chi connectivity index (χ1n) is 4.58. The van der Waals surface area contributed by atoms with Gasteiger partial charge < -0.3 is 10.5 Å². The second kappa shape index (κ2) is 2.48. The molecule has 4 heteroatoms. The molecule has 2 N–H and O–H groups in total. The molecule has 0 fully saturated rings. The van der Waals surface area contributed by atoms with Crippen LogP contribution < -0.4 is 16.2 Å². The number of nitrogens with two attached hydrogens (primary N) is 1. The van der Waals surface area contributed by atoms with Gasteiger partial charge in [-0.3, -0.25) is 4.79 Å². The summed E-state index contributed by atoms with van der Waals surface area (Å²) in [4.78, 5) is 15.2. The van der Waals surface area contributed by atoms with Crippen LogP contribution in [0.5, 0.6) is 0 Å². The SMILES string of the molecule is NC1=NC(=O)C2(C=c3ccccc3=C2)O1. The molecular formula is C11H8N2O2. The van der Waals surface area contributed by atoms with Gasteiger partial charge in [-0.05, 0) is 22.6 Å². The number of amidine groups is 1. The Labute approximate surface area is 85.4 Å². The maximum Gasteiger partial charge on any atom is 0.302 e. The summed E-state index contributed by atoms with van der Waals surface area (Å²) < 4.78 is 5.27. The van der Waals surface area contributed by atoms with Gasteiger partial charge in [0.15, 0.2) is 0 Å². The Kier molecular flexibility index (Phi) is 1.36. The van der Waals surface area contributed by atoms with Crippen LogP contribution in [0.25, 0.3) is 12.2 Å². The third-order valence-electron chi connectivity index (χ3n) is 2.56. The average Bonchev–Trinajstić information content (AvgIpc) is 2.67. The second-order valence-corrected chi connectivity index (χ2v) is 3.57. The molecule has 0 bridgehead atoms. The lowest BCUT2D eigenvalue weighted by Crippen LogP contribution is -2.32. The quantitative estimate of drug-likeness (QED) is 0.576. The Balaban J connectivity index is 2.23. The van der Waals surface area contributed by atoms with Crippen LogP contribution in [-0.2, 0) is 9.53 Å². The molecule has 1 heterocycles. The minimum absolute atomic E-state index is 0.0692. The molecule has 0 saturated carbocycles. The first-order chi connectivity index (χ1) is 7.20. The molecule has 1 aromatic carbocycles. The van der Waals surface area contributed by atoms with Gasteiger partial charge in [0, 0.05) is 0 Å². The monoisotopic (exact) mass is 200 g/mol. The summed E-state index contributed by atoms with van der Waals surface area (Å²) in [5, 5.41) is 1.94. The molecule has 1 amide bonds. The predicted molar refractivity (Wildman–Crippen MR) is 55.1 cm³/mol. The smallest absolute Gasteiger partial charge is 0.302 e. The van der Waals surface area contributed by atoms with Crippen molar-refractivity contribution in [2.24, 2.45) is 10.7 Å². The Morgan fingerprint density at radius 3 is 2.27 bits per heavy atom. The zero-order chi connectivity index (χ0) is 10.5. The highest BCUT2D eigenvalue weighted by Crippen LogP contribution is 2.24. The lowest BCUT2D eigenvalue weighted by Gasteiger charge is -2.14. The highest BCUT2D eigenvalue weighted by molar-refractivity contribution is 6.10. The Hall–Kier alpha value is -2.10. The molecule has 15 heavy (non-hydrogen) atoms. The third kappa shape index (κ3) is 1.01. The first-order valence-corrected chi connectivity index (χ1v) is 4.58. The van der Waals surface area contributed by atoms with E-state index in [1.807, 2.05) is 24.3 Å². The van der Waals surface area contributed by atoms with Gasteiger partial charge in [0.1, 0.15) is 0 Å². The van der Waals surface area contributed by atoms with Gasteiger partial charge in [-0.25, -0.2) is 0 Å². The number of aliphatic imine (C=N–C) groups is 1. The van der Waals surface area contributed by atoms with Crippen LogP contribution in [0.3, 0.4) is 0 Å². The van der Waals surface area contributed by atoms with Crippen LogP contribution in [0, 0.1) is 0 Å². The normalized spacial score (nSPS) is 20.3. The number of carbonyl (C=O) groups is 1. The molecule has 0 atom stereocenters. The number of hydrogen-bond donors (Lipinski definition) is 1. The van der Waals surface area contributed by atoms with E-state index < -0.39 is 5.60 Å². The largest absolute Gasteiger partial charge is 0.439 e. The standard InChI is InChI=1S/C11H8N2O2/c12-10-13-9(14)11(15-10)5-7-3-1-2-4-8(7)6-11/h1-6H,(H2,12,13,14). The van der Waals surface area contributed by atoms with Crippen LogP contribution in [0.4, 0.5) is 0 Å². The van der Waals surface area contributed by atoms with Crippen molar-refractivity contribution in [3.05, 3.63) is 34.7 Å². The Morgan fingerprint density at radius 2 is 1.80 bits per heavy atom. The number of amides is 1. The fraction of sp³-hybridized carbons (Fsp3) is 0.0909. The predicted octanol–water partition coefficient (Wildman–Crippen LogP) is -1.13. The molecule has 3 rings (SSSR count). The summed E-state index contributed by atoms with van der Waals surface area (Å²) in [7, 11) is 0. The molecule has 1 aromatic rings. The van der Waals surface area contributed by atoms with E-state index >= 15 is 0 Å². The first kappa shape index (κ1) is 8.23. The molecular weight excluding hydrogens is 192 g/mol. The average molecular weight is 200 g/mol. The molecule has 74 valence electrons. The zero-order valence-electron chi connectivity index (χ0n) is 7.81. The maximum absolute atomic E-state index is 11.6. The van der Waals surface area contributed by atoms with Crippen molar-refractivity contribution in [1.82, 2.24) is 0 Å². The van der Waals surface area contributed by atoms with Gasteiger partial charge in [-0.2, -0.15) is 4.99 Å². The Bertz CT molecular complexity index is 566. The molecule has 0 aromatic heterocycles. The van der Waals surface area contributed by atoms with Gasteiger partial charge in [0.2, 0.25) is 5.60 Å². The molecule has 0 saturated heterocycles. The highest BCUT2D eigenvalue weighted by atomic mass is 16.5. The van der Waals surface area contributed by atoms with E-state index in [1.54, 1.807) is 12.2 Å². The summed E-state index contributed by atoms with van der Waals surface area (Å²) in [6.07, 6.45) is 3.49. The fourth-order valence-electron chi connectivity index (χ4n) is 1.89. The molecule has 1 aliphatic carbocycles. The highest BCUT2D eigenvalue weighted by Gasteiger charge is 2.43. The second-order valence-electron chi connectivity index (χ2n) is 3.57. The number of carbonyl (C=O) groups excluding carboxylic acids is 1. The van der Waals surface area contributed by atoms with Crippen LogP contribution in [0.2, 0.25) is 0 Å².